The fourth-order valence-corrected chi connectivity index (χ4v) is 6.45. The quantitative estimate of drug-likeness (QED) is 0.476. The number of fused-ring (bicyclic) bond motifs is 2. The van der Waals surface area contributed by atoms with Crippen molar-refractivity contribution in [2.45, 2.75) is 4.08 Å². The highest BCUT2D eigenvalue weighted by molar-refractivity contribution is 8.04. The number of rotatable bonds is 4. The molecule has 6 nitrogen and oxygen atoms in total. The highest BCUT2D eigenvalue weighted by Crippen LogP contribution is 2.43. The Bertz CT molecular complexity index is 1340. The molecule has 0 amide bonds. The van der Waals surface area contributed by atoms with Crippen LogP contribution in [0.25, 0.3) is 21.5 Å². The van der Waals surface area contributed by atoms with Crippen LogP contribution in [0.1, 0.15) is 11.1 Å². The Kier molecular flexibility index (Phi) is 4.47. The molecule has 0 aliphatic rings. The van der Waals surface area contributed by atoms with Crippen LogP contribution in [0, 0.1) is 0 Å². The number of hydrogen-bond donors (Lipinski definition) is 2. The first kappa shape index (κ1) is 19.5. The van der Waals surface area contributed by atoms with Crippen molar-refractivity contribution in [3.05, 3.63) is 96.1 Å². The molecule has 0 bridgehead atoms. The molecule has 0 unspecified atom stereocenters. The van der Waals surface area contributed by atoms with Crippen LogP contribution in [0.3, 0.4) is 0 Å². The molecule has 0 saturated heterocycles. The van der Waals surface area contributed by atoms with Crippen LogP contribution in [0.2, 0.25) is 0 Å². The third-order valence-corrected chi connectivity index (χ3v) is 8.65. The van der Waals surface area contributed by atoms with E-state index in [1.54, 1.807) is 48.5 Å². The summed E-state index contributed by atoms with van der Waals surface area (Å²) in [6, 6.07) is 22.2. The van der Waals surface area contributed by atoms with Crippen molar-refractivity contribution in [1.82, 2.24) is 0 Å². The van der Waals surface area contributed by atoms with Gasteiger partial charge in [0, 0.05) is 0 Å². The van der Waals surface area contributed by atoms with Gasteiger partial charge in [0.15, 0.2) is 0 Å². The lowest BCUT2D eigenvalue weighted by atomic mass is 9.98. The monoisotopic (exact) mass is 428 g/mol. The molecule has 4 rings (SSSR count). The molecular weight excluding hydrogens is 412 g/mol. The molecule has 0 radical (unpaired) electrons. The maximum Gasteiger partial charge on any atom is 0.296 e. The van der Waals surface area contributed by atoms with E-state index in [1.807, 2.05) is 0 Å². The highest BCUT2D eigenvalue weighted by atomic mass is 32.3. The predicted molar refractivity (Wildman–Crippen MR) is 112 cm³/mol. The van der Waals surface area contributed by atoms with Crippen molar-refractivity contribution >= 4 is 41.8 Å². The maximum absolute atomic E-state index is 12.6. The minimum atomic E-state index is -5.37. The van der Waals surface area contributed by atoms with Gasteiger partial charge in [0.05, 0.1) is 0 Å². The molecule has 0 fully saturated rings. The molecule has 0 aromatic heterocycles. The first-order chi connectivity index (χ1) is 13.6. The molecule has 0 aliphatic carbocycles. The van der Waals surface area contributed by atoms with Gasteiger partial charge < -0.3 is 0 Å². The minimum Gasteiger partial charge on any atom is -0.284 e. The van der Waals surface area contributed by atoms with E-state index in [4.69, 9.17) is 0 Å². The maximum atomic E-state index is 12.6. The smallest absolute Gasteiger partial charge is 0.284 e. The van der Waals surface area contributed by atoms with E-state index in [9.17, 15) is 25.9 Å². The third kappa shape index (κ3) is 3.01. The highest BCUT2D eigenvalue weighted by Gasteiger charge is 2.58. The third-order valence-electron chi connectivity index (χ3n) is 4.99. The van der Waals surface area contributed by atoms with Crippen LogP contribution in [-0.2, 0) is 24.3 Å². The summed E-state index contributed by atoms with van der Waals surface area (Å²) < 4.78 is 67.6. The van der Waals surface area contributed by atoms with Crippen molar-refractivity contribution < 1.29 is 25.9 Å². The van der Waals surface area contributed by atoms with E-state index in [2.05, 4.69) is 0 Å². The van der Waals surface area contributed by atoms with Gasteiger partial charge in [-0.2, -0.15) is 16.8 Å². The lowest BCUT2D eigenvalue weighted by Crippen LogP contribution is -2.44. The lowest BCUT2D eigenvalue weighted by molar-refractivity contribution is 0.438. The Morgan fingerprint density at radius 2 is 0.862 bits per heavy atom. The molecule has 8 heteroatoms. The summed E-state index contributed by atoms with van der Waals surface area (Å²) in [4.78, 5) is 0. The van der Waals surface area contributed by atoms with E-state index in [1.165, 1.54) is 36.4 Å². The van der Waals surface area contributed by atoms with Gasteiger partial charge in [-0.25, -0.2) is 0 Å². The van der Waals surface area contributed by atoms with Crippen molar-refractivity contribution in [2.24, 2.45) is 0 Å². The van der Waals surface area contributed by atoms with Gasteiger partial charge >= 0.3 is 0 Å². The average molecular weight is 428 g/mol. The van der Waals surface area contributed by atoms with Gasteiger partial charge in [0.2, 0.25) is 0 Å². The van der Waals surface area contributed by atoms with Crippen molar-refractivity contribution in [3.63, 3.8) is 0 Å². The Labute approximate surface area is 167 Å². The van der Waals surface area contributed by atoms with Crippen LogP contribution in [0.4, 0.5) is 0 Å². The summed E-state index contributed by atoms with van der Waals surface area (Å²) in [5, 5.41) is 2.61. The predicted octanol–water partition coefficient (Wildman–Crippen LogP) is 3.97. The molecule has 0 aliphatic heterocycles. The second-order valence-electron chi connectivity index (χ2n) is 6.69. The van der Waals surface area contributed by atoms with Gasteiger partial charge in [-0.1, -0.05) is 72.8 Å². The minimum absolute atomic E-state index is 0.281. The van der Waals surface area contributed by atoms with Crippen molar-refractivity contribution in [2.75, 3.05) is 0 Å². The summed E-state index contributed by atoms with van der Waals surface area (Å²) in [5.41, 5.74) is -0.562. The molecule has 2 N–H and O–H groups in total. The van der Waals surface area contributed by atoms with E-state index >= 15 is 0 Å². The zero-order chi connectivity index (χ0) is 20.9. The molecular formula is C21H16O6S2. The Morgan fingerprint density at radius 3 is 1.21 bits per heavy atom. The van der Waals surface area contributed by atoms with E-state index in [0.717, 1.165) is 10.8 Å². The second kappa shape index (κ2) is 6.64. The van der Waals surface area contributed by atoms with Gasteiger partial charge in [0.25, 0.3) is 24.3 Å². The normalized spacial score (nSPS) is 13.0. The summed E-state index contributed by atoms with van der Waals surface area (Å²) in [5.74, 6) is 0. The number of hydrogen-bond acceptors (Lipinski definition) is 4. The van der Waals surface area contributed by atoms with Crippen molar-refractivity contribution in [1.29, 1.82) is 0 Å². The SMILES string of the molecule is O=S(=O)(O)C(c1ccc2ccccc2c1)(c1ccc2ccccc2c1)S(=O)(=O)O. The molecule has 0 saturated carbocycles. The van der Waals surface area contributed by atoms with Gasteiger partial charge in [0.1, 0.15) is 0 Å². The van der Waals surface area contributed by atoms with Crippen LogP contribution < -0.4 is 0 Å². The Balaban J connectivity index is 2.16. The summed E-state index contributed by atoms with van der Waals surface area (Å²) in [6.45, 7) is 0. The second-order valence-corrected chi connectivity index (χ2v) is 10.1. The molecule has 29 heavy (non-hydrogen) atoms. The Morgan fingerprint density at radius 1 is 0.517 bits per heavy atom. The molecule has 0 atom stereocenters. The summed E-state index contributed by atoms with van der Waals surface area (Å²) in [6.07, 6.45) is 0. The van der Waals surface area contributed by atoms with E-state index in [-0.39, 0.29) is 11.1 Å². The van der Waals surface area contributed by atoms with Crippen molar-refractivity contribution in [3.8, 4) is 0 Å². The fraction of sp³-hybridized carbons (Fsp3) is 0.0476. The largest absolute Gasteiger partial charge is 0.296 e. The molecule has 4 aromatic carbocycles. The molecule has 4 aromatic rings. The molecule has 0 spiro atoms. The average Bonchev–Trinajstić information content (AvgIpc) is 2.66. The van der Waals surface area contributed by atoms with Gasteiger partial charge in [-0.15, -0.1) is 0 Å². The van der Waals surface area contributed by atoms with Crippen LogP contribution >= 0.6 is 0 Å². The summed E-state index contributed by atoms with van der Waals surface area (Å²) >= 11 is 0. The van der Waals surface area contributed by atoms with Gasteiger partial charge in [-0.05, 0) is 44.8 Å². The lowest BCUT2D eigenvalue weighted by Gasteiger charge is -2.29. The summed E-state index contributed by atoms with van der Waals surface area (Å²) in [7, 11) is -10.7. The van der Waals surface area contributed by atoms with E-state index in [0.29, 0.717) is 10.8 Å². The zero-order valence-corrected chi connectivity index (χ0v) is 16.6. The Hall–Kier alpha value is -2.78. The molecule has 148 valence electrons. The van der Waals surface area contributed by atoms with Crippen LogP contribution in [0.5, 0.6) is 0 Å². The standard InChI is InChI=1S/C21H16O6S2/c22-28(23,24)21(29(25,26)27,19-11-9-15-5-1-3-7-17(15)13-19)20-12-10-16-6-2-4-8-18(16)14-20/h1-14H,(H,22,23,24)(H,25,26,27). The van der Waals surface area contributed by atoms with Crippen LogP contribution in [0.15, 0.2) is 84.9 Å². The number of benzene rings is 4. The first-order valence-electron chi connectivity index (χ1n) is 8.57. The molecule has 0 heterocycles. The first-order valence-corrected chi connectivity index (χ1v) is 11.5. The van der Waals surface area contributed by atoms with Gasteiger partial charge in [-0.3, -0.25) is 9.11 Å². The zero-order valence-electron chi connectivity index (χ0n) is 14.9. The van der Waals surface area contributed by atoms with E-state index < -0.39 is 24.3 Å². The fourth-order valence-electron chi connectivity index (χ4n) is 3.68. The topological polar surface area (TPSA) is 109 Å². The van der Waals surface area contributed by atoms with Crippen LogP contribution in [-0.4, -0.2) is 25.9 Å².